The number of guanidine groups is 1. The van der Waals surface area contributed by atoms with Crippen LogP contribution in [0.4, 0.5) is 0 Å². The molecule has 1 atom stereocenters. The number of fused-ring (bicyclic) bond motifs is 1. The van der Waals surface area contributed by atoms with Crippen LogP contribution in [0.15, 0.2) is 18.2 Å². The van der Waals surface area contributed by atoms with Crippen LogP contribution in [0.3, 0.4) is 0 Å². The molecule has 1 saturated heterocycles. The number of nitrogens with one attached hydrogen (secondary N) is 2. The molecule has 3 rings (SSSR count). The van der Waals surface area contributed by atoms with E-state index in [9.17, 15) is 0 Å². The molecule has 0 amide bonds. The molecule has 19 heavy (non-hydrogen) atoms. The zero-order valence-corrected chi connectivity index (χ0v) is 10.8. The Morgan fingerprint density at radius 2 is 2.42 bits per heavy atom. The summed E-state index contributed by atoms with van der Waals surface area (Å²) in [5.74, 6) is 1.79. The lowest BCUT2D eigenvalue weighted by Crippen LogP contribution is -2.36. The molecule has 0 radical (unpaired) electrons. The van der Waals surface area contributed by atoms with Gasteiger partial charge in [0, 0.05) is 12.6 Å². The largest absolute Gasteiger partial charge is 0.497 e. The van der Waals surface area contributed by atoms with Crippen molar-refractivity contribution in [2.45, 2.75) is 18.9 Å². The van der Waals surface area contributed by atoms with E-state index in [0.29, 0.717) is 0 Å². The number of H-pyrrole nitrogens is 1. The van der Waals surface area contributed by atoms with Crippen LogP contribution in [-0.2, 0) is 0 Å². The molecule has 6 nitrogen and oxygen atoms in total. The van der Waals surface area contributed by atoms with Gasteiger partial charge in [0.25, 0.3) is 0 Å². The lowest BCUT2D eigenvalue weighted by molar-refractivity contribution is 0.380. The van der Waals surface area contributed by atoms with Crippen molar-refractivity contribution in [3.63, 3.8) is 0 Å². The molecule has 1 aliphatic rings. The van der Waals surface area contributed by atoms with Crippen LogP contribution in [0.1, 0.15) is 24.7 Å². The SMILES string of the molecule is COc1ccc2nc(C3CCCN3C(=N)N)[nH]c2c1. The van der Waals surface area contributed by atoms with E-state index in [4.69, 9.17) is 15.9 Å². The van der Waals surface area contributed by atoms with Crippen LogP contribution in [0.25, 0.3) is 11.0 Å². The van der Waals surface area contributed by atoms with Crippen molar-refractivity contribution in [2.75, 3.05) is 13.7 Å². The van der Waals surface area contributed by atoms with Crippen molar-refractivity contribution in [3.05, 3.63) is 24.0 Å². The summed E-state index contributed by atoms with van der Waals surface area (Å²) in [6.45, 7) is 0.820. The van der Waals surface area contributed by atoms with E-state index in [-0.39, 0.29) is 12.0 Å². The fourth-order valence-corrected chi connectivity index (χ4v) is 2.63. The van der Waals surface area contributed by atoms with Crippen molar-refractivity contribution in [3.8, 4) is 5.75 Å². The van der Waals surface area contributed by atoms with Crippen LogP contribution >= 0.6 is 0 Å². The van der Waals surface area contributed by atoms with E-state index in [1.165, 1.54) is 0 Å². The molecule has 4 N–H and O–H groups in total. The molecule has 0 aliphatic carbocycles. The van der Waals surface area contributed by atoms with Gasteiger partial charge in [0.05, 0.1) is 24.2 Å². The highest BCUT2D eigenvalue weighted by atomic mass is 16.5. The summed E-state index contributed by atoms with van der Waals surface area (Å²) >= 11 is 0. The van der Waals surface area contributed by atoms with Crippen LogP contribution in [0.2, 0.25) is 0 Å². The van der Waals surface area contributed by atoms with Gasteiger partial charge >= 0.3 is 0 Å². The standard InChI is InChI=1S/C13H17N5O/c1-19-8-4-5-9-10(7-8)17-12(16-9)11-3-2-6-18(11)13(14)15/h4-5,7,11H,2-3,6H2,1H3,(H3,14,15)(H,16,17). The van der Waals surface area contributed by atoms with E-state index >= 15 is 0 Å². The van der Waals surface area contributed by atoms with Gasteiger partial charge in [0.2, 0.25) is 0 Å². The van der Waals surface area contributed by atoms with Crippen molar-refractivity contribution >= 4 is 17.0 Å². The molecule has 6 heteroatoms. The minimum absolute atomic E-state index is 0.0795. The monoisotopic (exact) mass is 259 g/mol. The first-order chi connectivity index (χ1) is 9.19. The second-order valence-corrected chi connectivity index (χ2v) is 4.74. The van der Waals surface area contributed by atoms with Gasteiger partial charge in [-0.05, 0) is 25.0 Å². The van der Waals surface area contributed by atoms with Crippen molar-refractivity contribution in [2.24, 2.45) is 5.73 Å². The topological polar surface area (TPSA) is 91.0 Å². The number of nitrogens with zero attached hydrogens (tertiary/aromatic N) is 2. The Hall–Kier alpha value is -2.24. The molecule has 100 valence electrons. The molecule has 1 unspecified atom stereocenters. The minimum atomic E-state index is 0.0795. The quantitative estimate of drug-likeness (QED) is 0.564. The first-order valence-corrected chi connectivity index (χ1v) is 6.33. The third-order valence-corrected chi connectivity index (χ3v) is 3.59. The van der Waals surface area contributed by atoms with Gasteiger partial charge in [-0.15, -0.1) is 0 Å². The first kappa shape index (κ1) is 11.8. The maximum atomic E-state index is 7.61. The van der Waals surface area contributed by atoms with Crippen LogP contribution < -0.4 is 10.5 Å². The number of hydrogen-bond donors (Lipinski definition) is 3. The number of nitrogens with two attached hydrogens (primary N) is 1. The molecule has 0 bridgehead atoms. The number of aromatic nitrogens is 2. The summed E-state index contributed by atoms with van der Waals surface area (Å²) in [5, 5.41) is 7.61. The normalized spacial score (nSPS) is 19.0. The van der Waals surface area contributed by atoms with Crippen LogP contribution in [0, 0.1) is 5.41 Å². The first-order valence-electron chi connectivity index (χ1n) is 6.33. The summed E-state index contributed by atoms with van der Waals surface area (Å²) < 4.78 is 5.20. The van der Waals surface area contributed by atoms with Gasteiger partial charge in [0.15, 0.2) is 5.96 Å². The highest BCUT2D eigenvalue weighted by Crippen LogP contribution is 2.31. The van der Waals surface area contributed by atoms with Crippen molar-refractivity contribution in [1.29, 1.82) is 5.41 Å². The summed E-state index contributed by atoms with van der Waals surface area (Å²) in [5.41, 5.74) is 7.47. The van der Waals surface area contributed by atoms with Crippen LogP contribution in [-0.4, -0.2) is 34.5 Å². The van der Waals surface area contributed by atoms with Crippen molar-refractivity contribution < 1.29 is 4.74 Å². The fourth-order valence-electron chi connectivity index (χ4n) is 2.63. The third kappa shape index (κ3) is 1.99. The highest BCUT2D eigenvalue weighted by molar-refractivity contribution is 5.78. The van der Waals surface area contributed by atoms with Crippen molar-refractivity contribution in [1.82, 2.24) is 14.9 Å². The van der Waals surface area contributed by atoms with E-state index in [2.05, 4.69) is 9.97 Å². The van der Waals surface area contributed by atoms with Gasteiger partial charge in [0.1, 0.15) is 11.6 Å². The molecule has 1 aliphatic heterocycles. The Morgan fingerprint density at radius 3 is 3.16 bits per heavy atom. The van der Waals surface area contributed by atoms with Gasteiger partial charge in [-0.1, -0.05) is 0 Å². The lowest BCUT2D eigenvalue weighted by Gasteiger charge is -2.22. The van der Waals surface area contributed by atoms with Gasteiger partial charge in [-0.25, -0.2) is 4.98 Å². The Balaban J connectivity index is 1.98. The van der Waals surface area contributed by atoms with Gasteiger partial charge in [-0.3, -0.25) is 5.41 Å². The smallest absolute Gasteiger partial charge is 0.189 e. The van der Waals surface area contributed by atoms with Gasteiger partial charge < -0.3 is 20.4 Å². The number of benzene rings is 1. The molecule has 0 saturated carbocycles. The summed E-state index contributed by atoms with van der Waals surface area (Å²) in [4.78, 5) is 9.79. The number of rotatable bonds is 2. The molecule has 2 heterocycles. The highest BCUT2D eigenvalue weighted by Gasteiger charge is 2.29. The average Bonchev–Trinajstić information content (AvgIpc) is 3.03. The Labute approximate surface area is 111 Å². The number of aromatic amines is 1. The van der Waals surface area contributed by atoms with E-state index in [0.717, 1.165) is 42.0 Å². The summed E-state index contributed by atoms with van der Waals surface area (Å²) in [7, 11) is 1.65. The number of imidazole rings is 1. The number of methoxy groups -OCH3 is 1. The molecular weight excluding hydrogens is 242 g/mol. The Bertz CT molecular complexity index is 621. The number of ether oxygens (including phenoxy) is 1. The molecule has 1 aromatic heterocycles. The average molecular weight is 259 g/mol. The fraction of sp³-hybridized carbons (Fsp3) is 0.385. The molecule has 2 aromatic rings. The molecular formula is C13H17N5O. The van der Waals surface area contributed by atoms with E-state index < -0.39 is 0 Å². The summed E-state index contributed by atoms with van der Waals surface area (Å²) in [6, 6.07) is 5.83. The zero-order valence-electron chi connectivity index (χ0n) is 10.8. The predicted octanol–water partition coefficient (Wildman–Crippen LogP) is 1.60. The third-order valence-electron chi connectivity index (χ3n) is 3.59. The predicted molar refractivity (Wildman–Crippen MR) is 73.2 cm³/mol. The minimum Gasteiger partial charge on any atom is -0.497 e. The maximum Gasteiger partial charge on any atom is 0.189 e. The Morgan fingerprint density at radius 1 is 1.58 bits per heavy atom. The summed E-state index contributed by atoms with van der Waals surface area (Å²) in [6.07, 6.45) is 2.00. The molecule has 0 spiro atoms. The second-order valence-electron chi connectivity index (χ2n) is 4.74. The molecule has 1 aromatic carbocycles. The lowest BCUT2D eigenvalue weighted by atomic mass is 10.2. The van der Waals surface area contributed by atoms with E-state index in [1.807, 2.05) is 23.1 Å². The number of hydrogen-bond acceptors (Lipinski definition) is 3. The Kier molecular flexibility index (Phi) is 2.77. The zero-order chi connectivity index (χ0) is 13.4. The van der Waals surface area contributed by atoms with E-state index in [1.54, 1.807) is 7.11 Å². The molecule has 1 fully saturated rings. The van der Waals surface area contributed by atoms with Crippen LogP contribution in [0.5, 0.6) is 5.75 Å². The van der Waals surface area contributed by atoms with Gasteiger partial charge in [-0.2, -0.15) is 0 Å². The number of likely N-dealkylation sites (tertiary alicyclic amines) is 1. The second kappa shape index (κ2) is 4.46. The maximum absolute atomic E-state index is 7.61.